The monoisotopic (exact) mass is 221 g/mol. The van der Waals surface area contributed by atoms with Gasteiger partial charge in [-0.1, -0.05) is 6.07 Å². The Hall–Kier alpha value is -2.17. The van der Waals surface area contributed by atoms with Gasteiger partial charge in [0.15, 0.2) is 0 Å². The first-order chi connectivity index (χ1) is 7.52. The largest absolute Gasteiger partial charge is 0.475 e. The fourth-order valence-corrected chi connectivity index (χ4v) is 1.64. The smallest absolute Gasteiger partial charge is 0.377 e. The predicted octanol–water partition coefficient (Wildman–Crippen LogP) is 1.88. The van der Waals surface area contributed by atoms with E-state index in [0.717, 1.165) is 5.56 Å². The van der Waals surface area contributed by atoms with Crippen LogP contribution in [0.3, 0.4) is 0 Å². The third-order valence-corrected chi connectivity index (χ3v) is 2.43. The Balaban J connectivity index is 2.78. The SMILES string of the molecule is Cc1ccc(F)c2c(C(=O)C(=O)O)c[nH]c12. The van der Waals surface area contributed by atoms with Gasteiger partial charge < -0.3 is 10.1 Å². The fraction of sp³-hybridized carbons (Fsp3) is 0.0909. The predicted molar refractivity (Wildman–Crippen MR) is 55.0 cm³/mol. The van der Waals surface area contributed by atoms with E-state index in [2.05, 4.69) is 4.98 Å². The number of carboxylic acids is 1. The van der Waals surface area contributed by atoms with Gasteiger partial charge in [-0.05, 0) is 18.6 Å². The first kappa shape index (κ1) is 10.4. The molecule has 1 heterocycles. The van der Waals surface area contributed by atoms with E-state index < -0.39 is 17.6 Å². The normalized spacial score (nSPS) is 10.6. The summed E-state index contributed by atoms with van der Waals surface area (Å²) in [5, 5.41) is 8.62. The lowest BCUT2D eigenvalue weighted by molar-refractivity contribution is -0.131. The van der Waals surface area contributed by atoms with E-state index in [9.17, 15) is 14.0 Å². The van der Waals surface area contributed by atoms with Gasteiger partial charge in [-0.15, -0.1) is 0 Å². The van der Waals surface area contributed by atoms with Gasteiger partial charge in [-0.25, -0.2) is 9.18 Å². The van der Waals surface area contributed by atoms with E-state index in [1.807, 2.05) is 0 Å². The van der Waals surface area contributed by atoms with Crippen molar-refractivity contribution >= 4 is 22.7 Å². The zero-order chi connectivity index (χ0) is 11.9. The van der Waals surface area contributed by atoms with Crippen LogP contribution in [0.4, 0.5) is 4.39 Å². The molecule has 1 aromatic heterocycles. The highest BCUT2D eigenvalue weighted by Gasteiger charge is 2.21. The number of carbonyl (C=O) groups is 2. The number of aromatic amines is 1. The highest BCUT2D eigenvalue weighted by atomic mass is 19.1. The van der Waals surface area contributed by atoms with Crippen molar-refractivity contribution in [1.29, 1.82) is 0 Å². The number of Topliss-reactive ketones (excluding diaryl/α,β-unsaturated/α-hetero) is 1. The van der Waals surface area contributed by atoms with Crippen LogP contribution in [0.2, 0.25) is 0 Å². The van der Waals surface area contributed by atoms with E-state index in [4.69, 9.17) is 5.11 Å². The topological polar surface area (TPSA) is 70.2 Å². The van der Waals surface area contributed by atoms with Crippen LogP contribution in [0.1, 0.15) is 15.9 Å². The molecule has 0 aliphatic carbocycles. The standard InChI is InChI=1S/C11H8FNO3/c1-5-2-3-7(12)8-6(4-13-9(5)8)10(14)11(15)16/h2-4,13H,1H3,(H,15,16). The molecule has 0 radical (unpaired) electrons. The Morgan fingerprint density at radius 3 is 2.69 bits per heavy atom. The molecule has 0 aliphatic heterocycles. The molecule has 5 heteroatoms. The molecule has 2 N–H and O–H groups in total. The maximum atomic E-state index is 13.5. The van der Waals surface area contributed by atoms with Crippen LogP contribution in [0, 0.1) is 12.7 Å². The number of carbonyl (C=O) groups excluding carboxylic acids is 1. The number of H-pyrrole nitrogens is 1. The Morgan fingerprint density at radius 1 is 1.38 bits per heavy atom. The number of hydrogen-bond acceptors (Lipinski definition) is 2. The first-order valence-corrected chi connectivity index (χ1v) is 4.56. The van der Waals surface area contributed by atoms with Gasteiger partial charge in [0.25, 0.3) is 5.78 Å². The molecule has 1 aromatic carbocycles. The van der Waals surface area contributed by atoms with Crippen molar-refractivity contribution in [3.8, 4) is 0 Å². The van der Waals surface area contributed by atoms with Crippen molar-refractivity contribution in [3.63, 3.8) is 0 Å². The molecular weight excluding hydrogens is 213 g/mol. The highest BCUT2D eigenvalue weighted by Crippen LogP contribution is 2.24. The molecule has 0 amide bonds. The Morgan fingerprint density at radius 2 is 2.06 bits per heavy atom. The highest BCUT2D eigenvalue weighted by molar-refractivity contribution is 6.42. The van der Waals surface area contributed by atoms with Crippen molar-refractivity contribution in [2.45, 2.75) is 6.92 Å². The van der Waals surface area contributed by atoms with Crippen LogP contribution in [-0.2, 0) is 4.79 Å². The van der Waals surface area contributed by atoms with Crippen LogP contribution >= 0.6 is 0 Å². The van der Waals surface area contributed by atoms with E-state index in [0.29, 0.717) is 5.52 Å². The van der Waals surface area contributed by atoms with Gasteiger partial charge in [-0.3, -0.25) is 4.79 Å². The van der Waals surface area contributed by atoms with Gasteiger partial charge in [0.2, 0.25) is 0 Å². The van der Waals surface area contributed by atoms with E-state index >= 15 is 0 Å². The number of carboxylic acid groups (broad SMARTS) is 1. The number of ketones is 1. The third kappa shape index (κ3) is 1.37. The number of nitrogens with one attached hydrogen (secondary N) is 1. The van der Waals surface area contributed by atoms with Gasteiger partial charge in [0.1, 0.15) is 5.82 Å². The maximum Gasteiger partial charge on any atom is 0.377 e. The molecule has 82 valence electrons. The molecule has 0 saturated carbocycles. The molecule has 0 spiro atoms. The molecule has 2 aromatic rings. The van der Waals surface area contributed by atoms with E-state index in [1.54, 1.807) is 13.0 Å². The molecule has 0 atom stereocenters. The average Bonchev–Trinajstić information content (AvgIpc) is 2.67. The molecule has 2 rings (SSSR count). The lowest BCUT2D eigenvalue weighted by Crippen LogP contribution is -2.12. The molecule has 0 aliphatic rings. The Labute approximate surface area is 89.7 Å². The van der Waals surface area contributed by atoms with Crippen molar-refractivity contribution in [2.24, 2.45) is 0 Å². The number of rotatable bonds is 2. The lowest BCUT2D eigenvalue weighted by atomic mass is 10.1. The molecule has 0 unspecified atom stereocenters. The fourth-order valence-electron chi connectivity index (χ4n) is 1.64. The number of fused-ring (bicyclic) bond motifs is 1. The molecule has 0 bridgehead atoms. The van der Waals surface area contributed by atoms with Crippen molar-refractivity contribution < 1.29 is 19.1 Å². The number of benzene rings is 1. The van der Waals surface area contributed by atoms with Crippen LogP contribution < -0.4 is 0 Å². The number of aromatic nitrogens is 1. The number of aryl methyl sites for hydroxylation is 1. The summed E-state index contributed by atoms with van der Waals surface area (Å²) < 4.78 is 13.5. The minimum atomic E-state index is -1.60. The molecular formula is C11H8FNO3. The third-order valence-electron chi connectivity index (χ3n) is 2.43. The maximum absolute atomic E-state index is 13.5. The van der Waals surface area contributed by atoms with Gasteiger partial charge >= 0.3 is 5.97 Å². The summed E-state index contributed by atoms with van der Waals surface area (Å²) >= 11 is 0. The van der Waals surface area contributed by atoms with Crippen LogP contribution in [0.5, 0.6) is 0 Å². The number of aliphatic carboxylic acids is 1. The first-order valence-electron chi connectivity index (χ1n) is 4.56. The summed E-state index contributed by atoms with van der Waals surface area (Å²) in [5.41, 5.74) is 1.05. The second kappa shape index (κ2) is 3.44. The average molecular weight is 221 g/mol. The van der Waals surface area contributed by atoms with Crippen molar-refractivity contribution in [2.75, 3.05) is 0 Å². The zero-order valence-corrected chi connectivity index (χ0v) is 8.37. The second-order valence-corrected chi connectivity index (χ2v) is 3.45. The van der Waals surface area contributed by atoms with Gasteiger partial charge in [0.05, 0.1) is 11.1 Å². The molecule has 16 heavy (non-hydrogen) atoms. The zero-order valence-electron chi connectivity index (χ0n) is 8.37. The summed E-state index contributed by atoms with van der Waals surface area (Å²) in [5.74, 6) is -3.32. The summed E-state index contributed by atoms with van der Waals surface area (Å²) in [6.07, 6.45) is 1.22. The summed E-state index contributed by atoms with van der Waals surface area (Å²) in [6, 6.07) is 2.77. The Kier molecular flexibility index (Phi) is 2.23. The van der Waals surface area contributed by atoms with Crippen LogP contribution in [-0.4, -0.2) is 21.8 Å². The minimum absolute atomic E-state index is 0.0346. The molecule has 0 fully saturated rings. The Bertz CT molecular complexity index is 601. The van der Waals surface area contributed by atoms with E-state index in [-0.39, 0.29) is 10.9 Å². The summed E-state index contributed by atoms with van der Waals surface area (Å²) in [4.78, 5) is 24.6. The van der Waals surface area contributed by atoms with Gasteiger partial charge in [-0.2, -0.15) is 0 Å². The van der Waals surface area contributed by atoms with Crippen molar-refractivity contribution in [3.05, 3.63) is 35.3 Å². The lowest BCUT2D eigenvalue weighted by Gasteiger charge is -1.98. The number of hydrogen-bond donors (Lipinski definition) is 2. The number of halogens is 1. The van der Waals surface area contributed by atoms with Crippen molar-refractivity contribution in [1.82, 2.24) is 4.98 Å². The van der Waals surface area contributed by atoms with Gasteiger partial charge in [0, 0.05) is 11.6 Å². The van der Waals surface area contributed by atoms with E-state index in [1.165, 1.54) is 12.3 Å². The molecule has 0 saturated heterocycles. The van der Waals surface area contributed by atoms with Crippen LogP contribution in [0.25, 0.3) is 10.9 Å². The minimum Gasteiger partial charge on any atom is -0.475 e. The second-order valence-electron chi connectivity index (χ2n) is 3.45. The summed E-state index contributed by atoms with van der Waals surface area (Å²) in [6.45, 7) is 1.74. The summed E-state index contributed by atoms with van der Waals surface area (Å²) in [7, 11) is 0. The quantitative estimate of drug-likeness (QED) is 0.600. The molecule has 4 nitrogen and oxygen atoms in total. The van der Waals surface area contributed by atoms with Crippen LogP contribution in [0.15, 0.2) is 18.3 Å².